The second-order valence-electron chi connectivity index (χ2n) is 7.38. The molecule has 3 amide bonds. The highest BCUT2D eigenvalue weighted by molar-refractivity contribution is 5.95. The number of carbonyl (C=O) groups is 5. The minimum Gasteiger partial charge on any atom is -0.481 e. The third kappa shape index (κ3) is 10.4. The molecule has 4 atom stereocenters. The van der Waals surface area contributed by atoms with Gasteiger partial charge in [0, 0.05) is 0 Å². The number of aliphatic carboxylic acids is 2. The van der Waals surface area contributed by atoms with Gasteiger partial charge in [-0.2, -0.15) is 0 Å². The third-order valence-corrected chi connectivity index (χ3v) is 4.28. The molecule has 0 aromatic carbocycles. The predicted octanol–water partition coefficient (Wildman–Crippen LogP) is -0.949. The average Bonchev–Trinajstić information content (AvgIpc) is 2.61. The number of carboxylic acid groups (broad SMARTS) is 2. The Morgan fingerprint density at radius 2 is 1.48 bits per heavy atom. The summed E-state index contributed by atoms with van der Waals surface area (Å²) in [4.78, 5) is 58.9. The molecule has 0 bridgehead atoms. The Bertz CT molecular complexity index is 609. The summed E-state index contributed by atoms with van der Waals surface area (Å²) in [7, 11) is 0. The standard InChI is InChI=1S/C18H32N4O7/c1-5-10(4)15(18(29)20-8-14(25)26)22-17(28)12(7-13(23)24)21-16(27)11(19)6-9(2)3/h9-12,15H,5-8,19H2,1-4H3,(H,20,29)(H,21,27)(H,22,28)(H,23,24)(H,25,26). The van der Waals surface area contributed by atoms with E-state index in [1.165, 1.54) is 0 Å². The molecule has 0 aliphatic heterocycles. The molecule has 0 fully saturated rings. The van der Waals surface area contributed by atoms with Crippen LogP contribution >= 0.6 is 0 Å². The highest BCUT2D eigenvalue weighted by Crippen LogP contribution is 2.09. The lowest BCUT2D eigenvalue weighted by atomic mass is 9.97. The van der Waals surface area contributed by atoms with Crippen molar-refractivity contribution in [2.45, 2.75) is 65.1 Å². The Hall–Kier alpha value is -2.69. The van der Waals surface area contributed by atoms with Crippen LogP contribution in [-0.4, -0.2) is 64.5 Å². The molecule has 0 heterocycles. The summed E-state index contributed by atoms with van der Waals surface area (Å²) in [5, 5.41) is 24.7. The second-order valence-corrected chi connectivity index (χ2v) is 7.38. The fraction of sp³-hybridized carbons (Fsp3) is 0.722. The van der Waals surface area contributed by atoms with Gasteiger partial charge in [-0.1, -0.05) is 34.1 Å². The molecule has 166 valence electrons. The van der Waals surface area contributed by atoms with Crippen molar-refractivity contribution in [2.75, 3.05) is 6.54 Å². The van der Waals surface area contributed by atoms with Crippen LogP contribution in [-0.2, 0) is 24.0 Å². The van der Waals surface area contributed by atoms with Crippen LogP contribution in [0.2, 0.25) is 0 Å². The summed E-state index contributed by atoms with van der Waals surface area (Å²) in [6.07, 6.45) is 0.136. The number of amides is 3. The van der Waals surface area contributed by atoms with Crippen LogP contribution in [0.25, 0.3) is 0 Å². The van der Waals surface area contributed by atoms with E-state index < -0.39 is 60.8 Å². The maximum absolute atomic E-state index is 12.6. The summed E-state index contributed by atoms with van der Waals surface area (Å²) < 4.78 is 0. The molecule has 7 N–H and O–H groups in total. The topological polar surface area (TPSA) is 188 Å². The van der Waals surface area contributed by atoms with E-state index in [2.05, 4.69) is 16.0 Å². The zero-order chi connectivity index (χ0) is 22.7. The van der Waals surface area contributed by atoms with Crippen molar-refractivity contribution < 1.29 is 34.2 Å². The first kappa shape index (κ1) is 26.3. The molecule has 0 aromatic rings. The quantitative estimate of drug-likeness (QED) is 0.221. The molecular formula is C18H32N4O7. The smallest absolute Gasteiger partial charge is 0.322 e. The largest absolute Gasteiger partial charge is 0.481 e. The van der Waals surface area contributed by atoms with Gasteiger partial charge in [-0.05, 0) is 18.3 Å². The molecule has 0 aliphatic carbocycles. The monoisotopic (exact) mass is 416 g/mol. The molecule has 29 heavy (non-hydrogen) atoms. The Morgan fingerprint density at radius 3 is 1.93 bits per heavy atom. The van der Waals surface area contributed by atoms with E-state index in [4.69, 9.17) is 15.9 Å². The van der Waals surface area contributed by atoms with Crippen LogP contribution in [0.15, 0.2) is 0 Å². The van der Waals surface area contributed by atoms with Crippen molar-refractivity contribution >= 4 is 29.7 Å². The van der Waals surface area contributed by atoms with Crippen molar-refractivity contribution in [3.05, 3.63) is 0 Å². The van der Waals surface area contributed by atoms with Crippen LogP contribution < -0.4 is 21.7 Å². The molecular weight excluding hydrogens is 384 g/mol. The maximum atomic E-state index is 12.6. The van der Waals surface area contributed by atoms with E-state index in [9.17, 15) is 24.0 Å². The van der Waals surface area contributed by atoms with Crippen molar-refractivity contribution in [2.24, 2.45) is 17.6 Å². The summed E-state index contributed by atoms with van der Waals surface area (Å²) in [5.41, 5.74) is 5.77. The molecule has 11 heteroatoms. The summed E-state index contributed by atoms with van der Waals surface area (Å²) in [6, 6.07) is -3.44. The van der Waals surface area contributed by atoms with Gasteiger partial charge in [0.25, 0.3) is 0 Å². The first-order valence-electron chi connectivity index (χ1n) is 9.46. The molecule has 0 radical (unpaired) electrons. The van der Waals surface area contributed by atoms with E-state index in [0.717, 1.165) is 0 Å². The minimum atomic E-state index is -1.43. The van der Waals surface area contributed by atoms with Crippen molar-refractivity contribution in [1.82, 2.24) is 16.0 Å². The molecule has 0 rings (SSSR count). The molecule has 0 aromatic heterocycles. The van der Waals surface area contributed by atoms with Crippen LogP contribution in [0.3, 0.4) is 0 Å². The highest BCUT2D eigenvalue weighted by atomic mass is 16.4. The number of hydrogen-bond donors (Lipinski definition) is 6. The summed E-state index contributed by atoms with van der Waals surface area (Å²) in [6.45, 7) is 6.55. The molecule has 11 nitrogen and oxygen atoms in total. The van der Waals surface area contributed by atoms with Crippen LogP contribution in [0.1, 0.15) is 47.0 Å². The van der Waals surface area contributed by atoms with E-state index in [1.807, 2.05) is 13.8 Å². The molecule has 4 unspecified atom stereocenters. The zero-order valence-corrected chi connectivity index (χ0v) is 17.2. The van der Waals surface area contributed by atoms with Gasteiger partial charge < -0.3 is 31.9 Å². The Morgan fingerprint density at radius 1 is 0.897 bits per heavy atom. The van der Waals surface area contributed by atoms with Crippen LogP contribution in [0.5, 0.6) is 0 Å². The van der Waals surface area contributed by atoms with Crippen LogP contribution in [0.4, 0.5) is 0 Å². The van der Waals surface area contributed by atoms with Crippen molar-refractivity contribution in [3.63, 3.8) is 0 Å². The van der Waals surface area contributed by atoms with Gasteiger partial charge in [0.1, 0.15) is 18.6 Å². The van der Waals surface area contributed by atoms with Crippen LogP contribution in [0, 0.1) is 11.8 Å². The SMILES string of the molecule is CCC(C)C(NC(=O)C(CC(=O)O)NC(=O)C(N)CC(C)C)C(=O)NCC(=O)O. The number of nitrogens with one attached hydrogen (secondary N) is 3. The summed E-state index contributed by atoms with van der Waals surface area (Å²) in [5.74, 6) is -5.07. The zero-order valence-electron chi connectivity index (χ0n) is 17.2. The normalized spacial score (nSPS) is 15.0. The van der Waals surface area contributed by atoms with Gasteiger partial charge in [-0.15, -0.1) is 0 Å². The lowest BCUT2D eigenvalue weighted by molar-refractivity contribution is -0.142. The van der Waals surface area contributed by atoms with Crippen molar-refractivity contribution in [3.8, 4) is 0 Å². The number of hydrogen-bond acceptors (Lipinski definition) is 6. The van der Waals surface area contributed by atoms with E-state index in [1.54, 1.807) is 13.8 Å². The second kappa shape index (κ2) is 12.7. The van der Waals surface area contributed by atoms with E-state index in [0.29, 0.717) is 12.8 Å². The molecule has 0 saturated heterocycles. The van der Waals surface area contributed by atoms with Crippen molar-refractivity contribution in [1.29, 1.82) is 0 Å². The van der Waals surface area contributed by atoms with Gasteiger partial charge in [0.15, 0.2) is 0 Å². The number of nitrogens with two attached hydrogens (primary N) is 1. The molecule has 0 saturated carbocycles. The lowest BCUT2D eigenvalue weighted by Gasteiger charge is -2.26. The van der Waals surface area contributed by atoms with Gasteiger partial charge in [-0.3, -0.25) is 24.0 Å². The fourth-order valence-electron chi connectivity index (χ4n) is 2.51. The fourth-order valence-corrected chi connectivity index (χ4v) is 2.51. The Labute approximate surface area is 169 Å². The van der Waals surface area contributed by atoms with E-state index in [-0.39, 0.29) is 11.8 Å². The Balaban J connectivity index is 5.31. The van der Waals surface area contributed by atoms with Gasteiger partial charge in [-0.25, -0.2) is 0 Å². The molecule has 0 aliphatic rings. The first-order chi connectivity index (χ1) is 13.4. The first-order valence-corrected chi connectivity index (χ1v) is 9.46. The summed E-state index contributed by atoms with van der Waals surface area (Å²) >= 11 is 0. The lowest BCUT2D eigenvalue weighted by Crippen LogP contribution is -2.58. The number of rotatable bonds is 13. The van der Waals surface area contributed by atoms with Gasteiger partial charge in [0.05, 0.1) is 12.5 Å². The molecule has 0 spiro atoms. The number of carboxylic acids is 2. The number of carbonyl (C=O) groups excluding carboxylic acids is 3. The Kier molecular flexibility index (Phi) is 11.5. The third-order valence-electron chi connectivity index (χ3n) is 4.28. The highest BCUT2D eigenvalue weighted by Gasteiger charge is 2.32. The average molecular weight is 416 g/mol. The predicted molar refractivity (Wildman–Crippen MR) is 104 cm³/mol. The maximum Gasteiger partial charge on any atom is 0.322 e. The van der Waals surface area contributed by atoms with Gasteiger partial charge >= 0.3 is 11.9 Å². The van der Waals surface area contributed by atoms with Gasteiger partial charge in [0.2, 0.25) is 17.7 Å². The minimum absolute atomic E-state index is 0.121. The van der Waals surface area contributed by atoms with E-state index >= 15 is 0 Å².